The molecule has 3 aromatic rings. The molecule has 0 bridgehead atoms. The Morgan fingerprint density at radius 3 is 2.58 bits per heavy atom. The highest BCUT2D eigenvalue weighted by atomic mass is 35.5. The van der Waals surface area contributed by atoms with Crippen molar-refractivity contribution in [3.05, 3.63) is 75.7 Å². The molecule has 0 aliphatic rings. The molecule has 1 unspecified atom stereocenters. The first kappa shape index (κ1) is 23.2. The third-order valence-electron chi connectivity index (χ3n) is 4.79. The van der Waals surface area contributed by atoms with Gasteiger partial charge in [0.2, 0.25) is 0 Å². The zero-order valence-electron chi connectivity index (χ0n) is 17.3. The van der Waals surface area contributed by atoms with Crippen LogP contribution in [-0.4, -0.2) is 25.1 Å². The lowest BCUT2D eigenvalue weighted by molar-refractivity contribution is 0.300. The molecule has 0 amide bonds. The normalized spacial score (nSPS) is 12.0. The predicted molar refractivity (Wildman–Crippen MR) is 124 cm³/mol. The van der Waals surface area contributed by atoms with Gasteiger partial charge in [-0.3, -0.25) is 4.79 Å². The first-order chi connectivity index (χ1) is 15.0. The topological polar surface area (TPSA) is 81.4 Å². The highest BCUT2D eigenvalue weighted by Gasteiger charge is 2.16. The number of hydrogen-bond donors (Lipinski definition) is 1. The van der Waals surface area contributed by atoms with Crippen molar-refractivity contribution in [2.75, 3.05) is 6.61 Å². The highest BCUT2D eigenvalue weighted by molar-refractivity contribution is 7.78. The molecule has 3 rings (SSSR count). The van der Waals surface area contributed by atoms with E-state index in [1.807, 2.05) is 0 Å². The number of hydrogen-bond acceptors (Lipinski definition) is 4. The molecule has 8 heteroatoms. The molecule has 0 spiro atoms. The molecule has 1 atom stereocenters. The maximum Gasteiger partial charge on any atom is 0.314 e. The van der Waals surface area contributed by atoms with Crippen molar-refractivity contribution in [2.24, 2.45) is 0 Å². The van der Waals surface area contributed by atoms with E-state index in [-0.39, 0.29) is 17.1 Å². The van der Waals surface area contributed by atoms with Gasteiger partial charge in [0, 0.05) is 10.6 Å². The Morgan fingerprint density at radius 2 is 1.90 bits per heavy atom. The molecule has 164 valence electrons. The molecule has 0 aliphatic heterocycles. The van der Waals surface area contributed by atoms with Gasteiger partial charge < -0.3 is 9.29 Å². The average molecular weight is 461 g/mol. The quantitative estimate of drug-likeness (QED) is 0.330. The lowest BCUT2D eigenvalue weighted by Gasteiger charge is -2.14. The van der Waals surface area contributed by atoms with Crippen LogP contribution in [0.2, 0.25) is 5.02 Å². The summed E-state index contributed by atoms with van der Waals surface area (Å²) < 4.78 is 27.4. The Labute approximate surface area is 189 Å². The van der Waals surface area contributed by atoms with E-state index in [1.54, 1.807) is 54.7 Å². The summed E-state index contributed by atoms with van der Waals surface area (Å²) >= 11 is 4.17. The fraction of sp³-hybridized carbons (Fsp3) is 0.304. The van der Waals surface area contributed by atoms with Crippen LogP contribution >= 0.6 is 11.6 Å². The van der Waals surface area contributed by atoms with E-state index in [2.05, 4.69) is 12.0 Å². The zero-order chi connectivity index (χ0) is 22.2. The Kier molecular flexibility index (Phi) is 8.40. The smallest absolute Gasteiger partial charge is 0.314 e. The number of ether oxygens (including phenoxy) is 1. The van der Waals surface area contributed by atoms with Crippen LogP contribution in [0.1, 0.15) is 38.2 Å². The van der Waals surface area contributed by atoms with Gasteiger partial charge in [0.1, 0.15) is 0 Å². The van der Waals surface area contributed by atoms with E-state index in [0.29, 0.717) is 22.9 Å². The molecular weight excluding hydrogens is 436 g/mol. The van der Waals surface area contributed by atoms with Crippen molar-refractivity contribution in [1.29, 1.82) is 0 Å². The SMILES string of the molecule is CCCCCCOc1c(-c2ccc(CS(=O)O)cc2)cnn(-c2cccc(Cl)c2)c1=O. The molecule has 0 aliphatic carbocycles. The van der Waals surface area contributed by atoms with Crippen LogP contribution in [0.15, 0.2) is 59.5 Å². The minimum absolute atomic E-state index is 0.0513. The van der Waals surface area contributed by atoms with Gasteiger partial charge in [-0.25, -0.2) is 4.21 Å². The Balaban J connectivity index is 1.98. The number of halogens is 1. The highest BCUT2D eigenvalue weighted by Crippen LogP contribution is 2.27. The third kappa shape index (κ3) is 6.26. The second-order valence-corrected chi connectivity index (χ2v) is 8.52. The average Bonchev–Trinajstić information content (AvgIpc) is 2.74. The molecule has 31 heavy (non-hydrogen) atoms. The number of unbranched alkanes of at least 4 members (excludes halogenated alkanes) is 3. The third-order valence-corrected chi connectivity index (χ3v) is 5.60. The molecular formula is C23H25ClN2O4S. The molecule has 0 fully saturated rings. The first-order valence-electron chi connectivity index (χ1n) is 10.2. The van der Waals surface area contributed by atoms with E-state index in [1.165, 1.54) is 4.68 Å². The van der Waals surface area contributed by atoms with Gasteiger partial charge in [0.15, 0.2) is 16.8 Å². The van der Waals surface area contributed by atoms with E-state index < -0.39 is 11.1 Å². The van der Waals surface area contributed by atoms with Crippen molar-refractivity contribution < 1.29 is 13.5 Å². The van der Waals surface area contributed by atoms with Gasteiger partial charge in [-0.2, -0.15) is 9.78 Å². The van der Waals surface area contributed by atoms with Gasteiger partial charge in [-0.15, -0.1) is 0 Å². The Bertz CT molecular complexity index is 1100. The van der Waals surface area contributed by atoms with E-state index >= 15 is 0 Å². The van der Waals surface area contributed by atoms with Gasteiger partial charge in [0.25, 0.3) is 0 Å². The number of nitrogens with zero attached hydrogens (tertiary/aromatic N) is 2. The summed E-state index contributed by atoms with van der Waals surface area (Å²) in [6.07, 6.45) is 5.72. The second kappa shape index (κ2) is 11.2. The Hall–Kier alpha value is -2.48. The van der Waals surface area contributed by atoms with Crippen molar-refractivity contribution in [3.8, 4) is 22.6 Å². The largest absolute Gasteiger partial charge is 0.487 e. The molecule has 1 aromatic heterocycles. The molecule has 6 nitrogen and oxygen atoms in total. The molecule has 1 N–H and O–H groups in total. The minimum atomic E-state index is -1.91. The maximum absolute atomic E-state index is 13.3. The van der Waals surface area contributed by atoms with Crippen LogP contribution in [0, 0.1) is 0 Å². The monoisotopic (exact) mass is 460 g/mol. The maximum atomic E-state index is 13.3. The molecule has 0 saturated heterocycles. The lowest BCUT2D eigenvalue weighted by Crippen LogP contribution is -2.24. The molecule has 2 aromatic carbocycles. The van der Waals surface area contributed by atoms with Crippen LogP contribution in [0.4, 0.5) is 0 Å². The standard InChI is InChI=1S/C23H25ClN2O4S/c1-2-3-4-5-13-30-22-21(18-11-9-17(10-12-18)16-31(28)29)15-25-26(23(22)27)20-8-6-7-19(24)14-20/h6-12,14-15H,2-5,13,16H2,1H3,(H,28,29). The van der Waals surface area contributed by atoms with Crippen LogP contribution in [0.3, 0.4) is 0 Å². The first-order valence-corrected chi connectivity index (χ1v) is 11.8. The summed E-state index contributed by atoms with van der Waals surface area (Å²) in [5.41, 5.74) is 2.25. The van der Waals surface area contributed by atoms with Crippen LogP contribution in [0.5, 0.6) is 5.75 Å². The van der Waals surface area contributed by atoms with Gasteiger partial charge in [-0.05, 0) is 35.7 Å². The second-order valence-electron chi connectivity index (χ2n) is 7.16. The predicted octanol–water partition coefficient (Wildman–Crippen LogP) is 5.23. The molecule has 0 saturated carbocycles. The summed E-state index contributed by atoms with van der Waals surface area (Å²) in [6, 6.07) is 14.0. The fourth-order valence-corrected chi connectivity index (χ4v) is 3.86. The van der Waals surface area contributed by atoms with E-state index in [9.17, 15) is 9.00 Å². The summed E-state index contributed by atoms with van der Waals surface area (Å²) in [5, 5.41) is 4.84. The fourth-order valence-electron chi connectivity index (χ4n) is 3.20. The minimum Gasteiger partial charge on any atom is -0.487 e. The van der Waals surface area contributed by atoms with Crippen molar-refractivity contribution in [2.45, 2.75) is 38.4 Å². The van der Waals surface area contributed by atoms with E-state index in [0.717, 1.165) is 36.8 Å². The lowest BCUT2D eigenvalue weighted by atomic mass is 10.1. The summed E-state index contributed by atoms with van der Waals surface area (Å²) in [5.74, 6) is 0.278. The van der Waals surface area contributed by atoms with Crippen LogP contribution in [0.25, 0.3) is 16.8 Å². The van der Waals surface area contributed by atoms with Crippen LogP contribution in [-0.2, 0) is 16.8 Å². The van der Waals surface area contributed by atoms with E-state index in [4.69, 9.17) is 20.9 Å². The van der Waals surface area contributed by atoms with Gasteiger partial charge in [-0.1, -0.05) is 68.1 Å². The summed E-state index contributed by atoms with van der Waals surface area (Å²) in [4.78, 5) is 13.3. The van der Waals surface area contributed by atoms with Crippen LogP contribution < -0.4 is 10.3 Å². The van der Waals surface area contributed by atoms with Gasteiger partial charge in [0.05, 0.1) is 24.2 Å². The van der Waals surface area contributed by atoms with Crippen molar-refractivity contribution >= 4 is 22.7 Å². The number of rotatable bonds is 10. The number of aromatic nitrogens is 2. The molecule has 1 heterocycles. The summed E-state index contributed by atoms with van der Waals surface area (Å²) in [6.45, 7) is 2.57. The van der Waals surface area contributed by atoms with Gasteiger partial charge >= 0.3 is 5.56 Å². The Morgan fingerprint density at radius 1 is 1.13 bits per heavy atom. The van der Waals surface area contributed by atoms with Crippen molar-refractivity contribution in [3.63, 3.8) is 0 Å². The zero-order valence-corrected chi connectivity index (χ0v) is 18.9. The molecule has 0 radical (unpaired) electrons. The summed E-state index contributed by atoms with van der Waals surface area (Å²) in [7, 11) is 0. The number of benzene rings is 2. The van der Waals surface area contributed by atoms with Crippen molar-refractivity contribution in [1.82, 2.24) is 9.78 Å².